The van der Waals surface area contributed by atoms with E-state index in [4.69, 9.17) is 0 Å². The molecule has 0 saturated heterocycles. The molecule has 0 radical (unpaired) electrons. The maximum Gasteiger partial charge on any atom is 0.342 e. The molecule has 0 bridgehead atoms. The minimum atomic E-state index is -0.471. The van der Waals surface area contributed by atoms with E-state index in [0.717, 1.165) is 23.5 Å². The summed E-state index contributed by atoms with van der Waals surface area (Å²) in [5.41, 5.74) is 3.81. The Morgan fingerprint density at radius 1 is 1.17 bits per heavy atom. The highest BCUT2D eigenvalue weighted by atomic mass is 32.2. The monoisotopic (exact) mass is 490 g/mol. The van der Waals surface area contributed by atoms with E-state index in [2.05, 4.69) is 20.7 Å². The van der Waals surface area contributed by atoms with Crippen molar-refractivity contribution in [2.24, 2.45) is 5.10 Å². The second-order valence-electron chi connectivity index (χ2n) is 7.14. The molecule has 0 aliphatic heterocycles. The fourth-order valence-corrected chi connectivity index (χ4v) is 3.90. The van der Waals surface area contributed by atoms with Crippen molar-refractivity contribution in [1.29, 1.82) is 0 Å². The maximum absolute atomic E-state index is 12.3. The van der Waals surface area contributed by atoms with Crippen LogP contribution in [0.5, 0.6) is 11.5 Å². The number of aromatic amines is 1. The van der Waals surface area contributed by atoms with Crippen LogP contribution < -0.4 is 15.1 Å². The van der Waals surface area contributed by atoms with Crippen molar-refractivity contribution in [2.45, 2.75) is 5.16 Å². The molecule has 3 aromatic carbocycles. The predicted octanol–water partition coefficient (Wildman–Crippen LogP) is 2.28. The fraction of sp³-hybridized carbons (Fsp3) is 0.0435. The molecule has 0 aliphatic rings. The largest absolute Gasteiger partial charge is 0.872 e. The summed E-state index contributed by atoms with van der Waals surface area (Å²) in [5, 5.41) is 43.7. The Kier molecular flexibility index (Phi) is 7.02. The number of thioether (sulfide) groups is 1. The minimum Gasteiger partial charge on any atom is -0.872 e. The quantitative estimate of drug-likeness (QED) is 0.112. The van der Waals surface area contributed by atoms with Gasteiger partial charge in [0.15, 0.2) is 0 Å². The molecule has 0 fully saturated rings. The van der Waals surface area contributed by atoms with Crippen molar-refractivity contribution in [1.82, 2.24) is 15.6 Å². The molecule has 0 aliphatic carbocycles. The molecular weight excluding hydrogens is 472 g/mol. The molecule has 0 saturated carbocycles. The Hall–Kier alpha value is -4.71. The summed E-state index contributed by atoms with van der Waals surface area (Å²) in [6.45, 7) is 0. The van der Waals surface area contributed by atoms with Gasteiger partial charge in [-0.1, -0.05) is 36.1 Å². The second-order valence-corrected chi connectivity index (χ2v) is 8.08. The van der Waals surface area contributed by atoms with E-state index < -0.39 is 16.6 Å². The first-order valence-corrected chi connectivity index (χ1v) is 11.2. The number of amides is 1. The lowest BCUT2D eigenvalue weighted by atomic mass is 10.2. The number of carbonyl (C=O) groups is 1. The van der Waals surface area contributed by atoms with E-state index in [1.807, 2.05) is 30.3 Å². The van der Waals surface area contributed by atoms with Crippen LogP contribution in [0.1, 0.15) is 5.56 Å². The number of non-ortho nitro benzene ring substituents is 1. The first-order valence-electron chi connectivity index (χ1n) is 10.2. The van der Waals surface area contributed by atoms with Gasteiger partial charge < -0.3 is 10.2 Å². The SMILES string of the molecule is O=C(CSc1n[nH]c(-c2cccc([N+](=O)[O-])c2)[n+]1-c1ccccc1)NN=Cc1ccc(O)cc1[O-]. The van der Waals surface area contributed by atoms with Crippen LogP contribution in [0.4, 0.5) is 5.69 Å². The summed E-state index contributed by atoms with van der Waals surface area (Å²) >= 11 is 1.13. The molecule has 4 rings (SSSR count). The Labute approximate surface area is 202 Å². The van der Waals surface area contributed by atoms with Crippen molar-refractivity contribution in [3.05, 3.63) is 88.5 Å². The van der Waals surface area contributed by atoms with Crippen molar-refractivity contribution >= 4 is 29.6 Å². The Balaban J connectivity index is 1.53. The van der Waals surface area contributed by atoms with Crippen LogP contribution in [0.15, 0.2) is 83.1 Å². The average Bonchev–Trinajstić information content (AvgIpc) is 3.29. The summed E-state index contributed by atoms with van der Waals surface area (Å²) in [6, 6.07) is 19.2. The summed E-state index contributed by atoms with van der Waals surface area (Å²) < 4.78 is 1.76. The molecule has 0 spiro atoms. The number of nitrogens with zero attached hydrogens (tertiary/aromatic N) is 4. The highest BCUT2D eigenvalue weighted by molar-refractivity contribution is 7.99. The molecule has 12 heteroatoms. The molecule has 176 valence electrons. The number of aromatic nitrogens is 3. The van der Waals surface area contributed by atoms with Gasteiger partial charge in [-0.25, -0.2) is 5.43 Å². The number of rotatable bonds is 8. The van der Waals surface area contributed by atoms with Gasteiger partial charge in [0.2, 0.25) is 0 Å². The topological polar surface area (TPSA) is 160 Å². The van der Waals surface area contributed by atoms with Gasteiger partial charge in [0.05, 0.1) is 27.6 Å². The lowest BCUT2D eigenvalue weighted by Crippen LogP contribution is -2.34. The molecule has 3 N–H and O–H groups in total. The third-order valence-corrected chi connectivity index (χ3v) is 5.68. The second kappa shape index (κ2) is 10.5. The fourth-order valence-electron chi connectivity index (χ4n) is 3.14. The number of nitro groups is 1. The van der Waals surface area contributed by atoms with E-state index in [9.17, 15) is 25.1 Å². The van der Waals surface area contributed by atoms with Gasteiger partial charge in [-0.2, -0.15) is 9.67 Å². The van der Waals surface area contributed by atoms with Gasteiger partial charge in [-0.05, 0) is 47.7 Å². The summed E-state index contributed by atoms with van der Waals surface area (Å²) in [7, 11) is 0. The van der Waals surface area contributed by atoms with Gasteiger partial charge in [0.1, 0.15) is 11.4 Å². The Morgan fingerprint density at radius 2 is 1.97 bits per heavy atom. The van der Waals surface area contributed by atoms with Crippen LogP contribution in [0.3, 0.4) is 0 Å². The number of aromatic hydroxyl groups is 1. The van der Waals surface area contributed by atoms with Gasteiger partial charge in [0, 0.05) is 12.1 Å². The van der Waals surface area contributed by atoms with E-state index >= 15 is 0 Å². The molecule has 1 aromatic heterocycles. The molecule has 11 nitrogen and oxygen atoms in total. The van der Waals surface area contributed by atoms with Crippen LogP contribution in [0.2, 0.25) is 0 Å². The number of hydrogen-bond donors (Lipinski definition) is 3. The predicted molar refractivity (Wildman–Crippen MR) is 126 cm³/mol. The first kappa shape index (κ1) is 23.4. The van der Waals surface area contributed by atoms with Crippen LogP contribution in [-0.2, 0) is 4.79 Å². The Bertz CT molecular complexity index is 1410. The number of para-hydroxylation sites is 1. The van der Waals surface area contributed by atoms with Crippen molar-refractivity contribution in [3.63, 3.8) is 0 Å². The van der Waals surface area contributed by atoms with E-state index in [1.54, 1.807) is 16.7 Å². The molecule has 0 unspecified atom stereocenters. The molecular formula is C23H18N6O5S. The van der Waals surface area contributed by atoms with Crippen molar-refractivity contribution in [3.8, 4) is 28.6 Å². The Morgan fingerprint density at radius 3 is 2.71 bits per heavy atom. The molecule has 4 aromatic rings. The average molecular weight is 491 g/mol. The van der Waals surface area contributed by atoms with E-state index in [-0.39, 0.29) is 22.8 Å². The third kappa shape index (κ3) is 5.62. The van der Waals surface area contributed by atoms with Crippen LogP contribution >= 0.6 is 11.8 Å². The number of H-pyrrole nitrogens is 1. The maximum atomic E-state index is 12.3. The van der Waals surface area contributed by atoms with Crippen LogP contribution in [-0.4, -0.2) is 38.1 Å². The summed E-state index contributed by atoms with van der Waals surface area (Å²) in [5.74, 6) is -0.536. The zero-order valence-corrected chi connectivity index (χ0v) is 18.8. The van der Waals surface area contributed by atoms with Gasteiger partial charge in [-0.15, -0.1) is 5.10 Å². The first-order chi connectivity index (χ1) is 16.9. The van der Waals surface area contributed by atoms with Gasteiger partial charge >= 0.3 is 5.16 Å². The summed E-state index contributed by atoms with van der Waals surface area (Å²) in [6.07, 6.45) is 1.20. The highest BCUT2D eigenvalue weighted by Crippen LogP contribution is 2.24. The van der Waals surface area contributed by atoms with Crippen molar-refractivity contribution in [2.75, 3.05) is 5.75 Å². The molecule has 1 amide bonds. The minimum absolute atomic E-state index is 0.0385. The van der Waals surface area contributed by atoms with Gasteiger partial charge in [-0.3, -0.25) is 14.9 Å². The number of phenolic OH excluding ortho intramolecular Hbond substituents is 1. The zero-order valence-electron chi connectivity index (χ0n) is 18.0. The highest BCUT2D eigenvalue weighted by Gasteiger charge is 2.25. The molecule has 0 atom stereocenters. The number of nitrogens with one attached hydrogen (secondary N) is 2. The number of carbonyl (C=O) groups excluding carboxylic acids is 1. The smallest absolute Gasteiger partial charge is 0.342 e. The van der Waals surface area contributed by atoms with E-state index in [0.29, 0.717) is 16.5 Å². The molecule has 1 heterocycles. The number of hydrogen-bond acceptors (Lipinski definition) is 8. The lowest BCUT2D eigenvalue weighted by molar-refractivity contribution is -0.625. The van der Waals surface area contributed by atoms with Crippen LogP contribution in [0.25, 0.3) is 17.1 Å². The summed E-state index contributed by atoms with van der Waals surface area (Å²) in [4.78, 5) is 23.0. The standard InChI is InChI=1S/C23H18N6O5S/c30-19-10-9-16(20(31)12-19)13-24-25-21(32)14-35-23-27-26-22(28(23)17-6-2-1-3-7-17)15-5-4-8-18(11-15)29(33)34/h1-13H,14H2,(H3,24,25,30,31,32). The lowest BCUT2D eigenvalue weighted by Gasteiger charge is -2.09. The zero-order chi connectivity index (χ0) is 24.8. The molecule has 35 heavy (non-hydrogen) atoms. The third-order valence-electron chi connectivity index (χ3n) is 4.74. The van der Waals surface area contributed by atoms with Crippen molar-refractivity contribution < 1.29 is 24.5 Å². The number of nitro benzene ring substituents is 1. The number of hydrazone groups is 1. The normalized spacial score (nSPS) is 11.0. The number of phenols is 1. The van der Waals surface area contributed by atoms with Gasteiger partial charge in [0.25, 0.3) is 17.4 Å². The van der Waals surface area contributed by atoms with Crippen LogP contribution in [0, 0.1) is 10.1 Å². The van der Waals surface area contributed by atoms with E-state index in [1.165, 1.54) is 30.5 Å². The number of benzene rings is 3.